The summed E-state index contributed by atoms with van der Waals surface area (Å²) in [5, 5.41) is 11.8. The molecule has 1 atom stereocenters. The van der Waals surface area contributed by atoms with Crippen LogP contribution in [0.3, 0.4) is 0 Å². The highest BCUT2D eigenvalue weighted by Crippen LogP contribution is 2.44. The van der Waals surface area contributed by atoms with Crippen molar-refractivity contribution in [2.24, 2.45) is 0 Å². The Morgan fingerprint density at radius 2 is 1.92 bits per heavy atom. The number of anilines is 1. The molecule has 2 aliphatic heterocycles. The number of aryl methyl sites for hydroxylation is 1. The van der Waals surface area contributed by atoms with Gasteiger partial charge in [0, 0.05) is 30.6 Å². The van der Waals surface area contributed by atoms with Crippen LogP contribution in [0.25, 0.3) is 0 Å². The van der Waals surface area contributed by atoms with Gasteiger partial charge in [0.05, 0.1) is 0 Å². The van der Waals surface area contributed by atoms with Gasteiger partial charge in [0.25, 0.3) is 5.91 Å². The first-order valence-corrected chi connectivity index (χ1v) is 12.7. The van der Waals surface area contributed by atoms with E-state index >= 15 is 4.39 Å². The molecule has 8 nitrogen and oxygen atoms in total. The number of nitrogens with one attached hydrogen (secondary N) is 1. The smallest absolute Gasteiger partial charge is 0.303 e. The van der Waals surface area contributed by atoms with Gasteiger partial charge in [-0.05, 0) is 66.0 Å². The van der Waals surface area contributed by atoms with Gasteiger partial charge in [-0.25, -0.2) is 4.39 Å². The lowest BCUT2D eigenvalue weighted by Gasteiger charge is -2.38. The van der Waals surface area contributed by atoms with Crippen molar-refractivity contribution in [3.05, 3.63) is 52.3 Å². The normalized spacial score (nSPS) is 19.1. The van der Waals surface area contributed by atoms with E-state index in [-0.39, 0.29) is 42.9 Å². The van der Waals surface area contributed by atoms with Gasteiger partial charge in [0.1, 0.15) is 25.1 Å². The van der Waals surface area contributed by atoms with E-state index in [2.05, 4.69) is 5.32 Å². The minimum atomic E-state index is -0.975. The number of ether oxygens (including phenoxy) is 2. The highest BCUT2D eigenvalue weighted by molar-refractivity contribution is 5.98. The maximum atomic E-state index is 15.1. The number of carbonyl (C=O) groups excluding carboxylic acids is 2. The molecule has 0 saturated carbocycles. The minimum Gasteiger partial charge on any atom is -0.486 e. The molecule has 0 bridgehead atoms. The van der Waals surface area contributed by atoms with Gasteiger partial charge in [-0.3, -0.25) is 14.4 Å². The number of hydrogen-bond acceptors (Lipinski definition) is 5. The van der Waals surface area contributed by atoms with Crippen LogP contribution in [0.15, 0.2) is 24.3 Å². The van der Waals surface area contributed by atoms with Crippen molar-refractivity contribution in [2.75, 3.05) is 25.1 Å². The fourth-order valence-corrected chi connectivity index (χ4v) is 5.79. The summed E-state index contributed by atoms with van der Waals surface area (Å²) in [6, 6.07) is 5.71. The molecule has 2 heterocycles. The third kappa shape index (κ3) is 4.74. The Hall–Kier alpha value is -3.62. The zero-order chi connectivity index (χ0) is 26.3. The molecule has 2 amide bonds. The minimum absolute atomic E-state index is 0.0124. The van der Waals surface area contributed by atoms with E-state index < -0.39 is 17.9 Å². The molecule has 0 fully saturated rings. The van der Waals surface area contributed by atoms with Crippen molar-refractivity contribution >= 4 is 23.5 Å². The second kappa shape index (κ2) is 9.68. The summed E-state index contributed by atoms with van der Waals surface area (Å²) in [5.41, 5.74) is 3.10. The van der Waals surface area contributed by atoms with Crippen molar-refractivity contribution in [3.63, 3.8) is 0 Å². The lowest BCUT2D eigenvalue weighted by atomic mass is 9.86. The molecule has 5 rings (SSSR count). The number of rotatable bonds is 6. The molecule has 0 aromatic heterocycles. The van der Waals surface area contributed by atoms with Crippen LogP contribution in [0.5, 0.6) is 11.5 Å². The van der Waals surface area contributed by atoms with Gasteiger partial charge in [-0.2, -0.15) is 0 Å². The second-order valence-electron chi connectivity index (χ2n) is 10.5. The Labute approximate surface area is 214 Å². The third-order valence-electron chi connectivity index (χ3n) is 7.54. The summed E-state index contributed by atoms with van der Waals surface area (Å²) in [7, 11) is 0. The van der Waals surface area contributed by atoms with Crippen LogP contribution in [-0.4, -0.2) is 47.5 Å². The number of carboxylic acids is 1. The van der Waals surface area contributed by atoms with Crippen LogP contribution in [0.2, 0.25) is 0 Å². The highest BCUT2D eigenvalue weighted by atomic mass is 19.1. The monoisotopic (exact) mass is 510 g/mol. The molecule has 0 spiro atoms. The Bertz CT molecular complexity index is 1270. The maximum Gasteiger partial charge on any atom is 0.303 e. The molecule has 1 aliphatic carbocycles. The Kier molecular flexibility index (Phi) is 6.56. The van der Waals surface area contributed by atoms with Gasteiger partial charge < -0.3 is 24.8 Å². The molecule has 2 aromatic carbocycles. The molecule has 196 valence electrons. The standard InChI is InChI=1S/C28H31FN2O6/c1-28(2)10-8-16-14-17(15-20(29)24(16)28)30-27(35)25-18-6-7-21-26(37-13-12-36-21)19(18)9-11-31(25)22(32)4-3-5-23(33)34/h6-7,14-15,25H,3-5,8-13H2,1-2H3,(H,30,35)(H,33,34). The number of halogens is 1. The quantitative estimate of drug-likeness (QED) is 0.605. The number of amides is 2. The van der Waals surface area contributed by atoms with Gasteiger partial charge in [0.15, 0.2) is 11.5 Å². The lowest BCUT2D eigenvalue weighted by molar-refractivity contribution is -0.140. The number of nitrogens with zero attached hydrogens (tertiary/aromatic N) is 1. The van der Waals surface area contributed by atoms with E-state index in [1.807, 2.05) is 19.9 Å². The number of aliphatic carboxylic acids is 1. The second-order valence-corrected chi connectivity index (χ2v) is 10.5. The van der Waals surface area contributed by atoms with Crippen LogP contribution >= 0.6 is 0 Å². The predicted octanol–water partition coefficient (Wildman–Crippen LogP) is 4.14. The largest absolute Gasteiger partial charge is 0.486 e. The summed E-state index contributed by atoms with van der Waals surface area (Å²) in [5.74, 6) is -0.888. The molecule has 0 saturated heterocycles. The zero-order valence-corrected chi connectivity index (χ0v) is 21.1. The maximum absolute atomic E-state index is 15.1. The SMILES string of the molecule is CC1(C)CCc2cc(NC(=O)C3c4ccc5c(c4CCN3C(=O)CCCC(=O)O)OCCO5)cc(F)c21. The Morgan fingerprint density at radius 1 is 1.14 bits per heavy atom. The van der Waals surface area contributed by atoms with E-state index in [9.17, 15) is 14.4 Å². The molecule has 9 heteroatoms. The fraction of sp³-hybridized carbons (Fsp3) is 0.464. The molecule has 37 heavy (non-hydrogen) atoms. The first-order chi connectivity index (χ1) is 17.7. The van der Waals surface area contributed by atoms with E-state index in [4.69, 9.17) is 14.6 Å². The molecular formula is C28H31FN2O6. The van der Waals surface area contributed by atoms with E-state index in [0.29, 0.717) is 47.9 Å². The summed E-state index contributed by atoms with van der Waals surface area (Å²) < 4.78 is 26.6. The average Bonchev–Trinajstić information content (AvgIpc) is 3.17. The number of carbonyl (C=O) groups is 3. The van der Waals surface area contributed by atoms with Crippen molar-refractivity contribution in [3.8, 4) is 11.5 Å². The molecule has 0 radical (unpaired) electrons. The van der Waals surface area contributed by atoms with Gasteiger partial charge in [-0.15, -0.1) is 0 Å². The molecule has 2 aromatic rings. The van der Waals surface area contributed by atoms with Gasteiger partial charge in [0.2, 0.25) is 5.91 Å². The predicted molar refractivity (Wildman–Crippen MR) is 133 cm³/mol. The van der Waals surface area contributed by atoms with Crippen LogP contribution in [-0.2, 0) is 32.6 Å². The van der Waals surface area contributed by atoms with Crippen LogP contribution < -0.4 is 14.8 Å². The summed E-state index contributed by atoms with van der Waals surface area (Å²) >= 11 is 0. The van der Waals surface area contributed by atoms with Gasteiger partial charge >= 0.3 is 5.97 Å². The molecule has 1 unspecified atom stereocenters. The van der Waals surface area contributed by atoms with E-state index in [0.717, 1.165) is 24.0 Å². The van der Waals surface area contributed by atoms with Crippen LogP contribution in [0.1, 0.15) is 67.8 Å². The number of carboxylic acid groups (broad SMARTS) is 1. The number of fused-ring (bicyclic) bond motifs is 4. The van der Waals surface area contributed by atoms with E-state index in [1.54, 1.807) is 12.1 Å². The van der Waals surface area contributed by atoms with E-state index in [1.165, 1.54) is 11.0 Å². The number of hydrogen-bond donors (Lipinski definition) is 2. The van der Waals surface area contributed by atoms with Crippen LogP contribution in [0, 0.1) is 5.82 Å². The lowest BCUT2D eigenvalue weighted by Crippen LogP contribution is -2.45. The Balaban J connectivity index is 1.47. The van der Waals surface area contributed by atoms with Crippen LogP contribution in [0.4, 0.5) is 10.1 Å². The van der Waals surface area contributed by atoms with Crippen molar-refractivity contribution in [1.29, 1.82) is 0 Å². The zero-order valence-electron chi connectivity index (χ0n) is 21.1. The summed E-state index contributed by atoms with van der Waals surface area (Å²) in [4.78, 5) is 39.3. The fourth-order valence-electron chi connectivity index (χ4n) is 5.79. The molecule has 2 N–H and O–H groups in total. The molecular weight excluding hydrogens is 479 g/mol. The van der Waals surface area contributed by atoms with Crippen molar-refractivity contribution in [2.45, 2.75) is 63.8 Å². The summed E-state index contributed by atoms with van der Waals surface area (Å²) in [6.07, 6.45) is 2.10. The van der Waals surface area contributed by atoms with Gasteiger partial charge in [-0.1, -0.05) is 19.9 Å². The Morgan fingerprint density at radius 3 is 2.70 bits per heavy atom. The third-order valence-corrected chi connectivity index (χ3v) is 7.54. The number of benzene rings is 2. The molecule has 3 aliphatic rings. The van der Waals surface area contributed by atoms with Crippen molar-refractivity contribution < 1.29 is 33.4 Å². The first-order valence-electron chi connectivity index (χ1n) is 12.7. The first kappa shape index (κ1) is 25.0. The van der Waals surface area contributed by atoms with Crippen molar-refractivity contribution in [1.82, 2.24) is 4.90 Å². The topological polar surface area (TPSA) is 105 Å². The average molecular weight is 511 g/mol. The summed E-state index contributed by atoms with van der Waals surface area (Å²) in [6.45, 7) is 5.12. The highest BCUT2D eigenvalue weighted by Gasteiger charge is 2.39.